The highest BCUT2D eigenvalue weighted by Gasteiger charge is 2.19. The summed E-state index contributed by atoms with van der Waals surface area (Å²) in [6.07, 6.45) is 9.18. The Morgan fingerprint density at radius 2 is 2.04 bits per heavy atom. The van der Waals surface area contributed by atoms with Gasteiger partial charge in [-0.1, -0.05) is 6.07 Å². The van der Waals surface area contributed by atoms with Gasteiger partial charge in [-0.2, -0.15) is 0 Å². The topological polar surface area (TPSA) is 53.6 Å². The number of hydrogen-bond donors (Lipinski definition) is 2. The quantitative estimate of drug-likeness (QED) is 0.606. The third-order valence-corrected chi connectivity index (χ3v) is 6.17. The smallest absolute Gasteiger partial charge is 0.223 e. The van der Waals surface area contributed by atoms with Crippen molar-refractivity contribution in [3.8, 4) is 5.75 Å². The number of nitrogens with one attached hydrogen (secondary N) is 2. The van der Waals surface area contributed by atoms with Crippen molar-refractivity contribution >= 4 is 5.91 Å². The van der Waals surface area contributed by atoms with Crippen molar-refractivity contribution in [3.63, 3.8) is 0 Å². The van der Waals surface area contributed by atoms with E-state index in [4.69, 9.17) is 4.74 Å². The van der Waals surface area contributed by atoms with E-state index in [1.54, 1.807) is 7.11 Å². The van der Waals surface area contributed by atoms with Gasteiger partial charge in [0.1, 0.15) is 5.75 Å². The zero-order chi connectivity index (χ0) is 19.6. The molecule has 156 valence electrons. The minimum absolute atomic E-state index is 0.310. The van der Waals surface area contributed by atoms with E-state index in [0.29, 0.717) is 12.3 Å². The van der Waals surface area contributed by atoms with E-state index in [1.807, 2.05) is 4.90 Å². The van der Waals surface area contributed by atoms with Crippen LogP contribution in [0.1, 0.15) is 49.7 Å². The van der Waals surface area contributed by atoms with Crippen LogP contribution >= 0.6 is 0 Å². The molecular formula is C23H37N3O2. The van der Waals surface area contributed by atoms with Gasteiger partial charge in [0.2, 0.25) is 5.91 Å². The fourth-order valence-corrected chi connectivity index (χ4v) is 4.43. The molecule has 1 aromatic carbocycles. The second-order valence-corrected chi connectivity index (χ2v) is 8.22. The molecule has 1 atom stereocenters. The molecule has 2 aliphatic rings. The van der Waals surface area contributed by atoms with Gasteiger partial charge in [-0.05, 0) is 87.2 Å². The highest BCUT2D eigenvalue weighted by molar-refractivity contribution is 5.76. The maximum absolute atomic E-state index is 11.9. The van der Waals surface area contributed by atoms with E-state index in [0.717, 1.165) is 63.8 Å². The van der Waals surface area contributed by atoms with E-state index in [1.165, 1.54) is 43.2 Å². The van der Waals surface area contributed by atoms with Crippen LogP contribution in [0, 0.1) is 5.92 Å². The predicted molar refractivity (Wildman–Crippen MR) is 114 cm³/mol. The summed E-state index contributed by atoms with van der Waals surface area (Å²) in [4.78, 5) is 14.0. The number of rotatable bonds is 10. The molecule has 0 bridgehead atoms. The molecule has 0 aromatic heterocycles. The number of unbranched alkanes of at least 4 members (excludes halogenated alkanes) is 1. The third-order valence-electron chi connectivity index (χ3n) is 6.17. The second-order valence-electron chi connectivity index (χ2n) is 8.22. The first kappa shape index (κ1) is 21.1. The van der Waals surface area contributed by atoms with E-state index >= 15 is 0 Å². The Kier molecular flexibility index (Phi) is 8.62. The summed E-state index contributed by atoms with van der Waals surface area (Å²) in [6, 6.07) is 6.55. The summed E-state index contributed by atoms with van der Waals surface area (Å²) in [5.41, 5.74) is 3.00. The zero-order valence-corrected chi connectivity index (χ0v) is 17.5. The lowest BCUT2D eigenvalue weighted by atomic mass is 9.81. The van der Waals surface area contributed by atoms with Gasteiger partial charge < -0.3 is 20.3 Å². The molecular weight excluding hydrogens is 350 g/mol. The van der Waals surface area contributed by atoms with Gasteiger partial charge in [0, 0.05) is 32.6 Å². The standard InChI is InChI=1S/C23H37N3O2/c1-28-22-9-8-20-7-6-19(17-21(20)18-22)5-4-12-24-11-2-3-15-26-16-14-25-13-10-23(26)27/h8-9,18-19,24-25H,2-7,10-17H2,1H3. The largest absolute Gasteiger partial charge is 0.497 e. The van der Waals surface area contributed by atoms with E-state index in [2.05, 4.69) is 28.8 Å². The molecule has 1 amide bonds. The molecule has 2 N–H and O–H groups in total. The second kappa shape index (κ2) is 11.4. The summed E-state index contributed by atoms with van der Waals surface area (Å²) in [5.74, 6) is 2.10. The molecule has 1 aromatic rings. The first-order valence-corrected chi connectivity index (χ1v) is 11.1. The Labute approximate surface area is 170 Å². The van der Waals surface area contributed by atoms with Crippen molar-refractivity contribution in [2.24, 2.45) is 5.92 Å². The highest BCUT2D eigenvalue weighted by Crippen LogP contribution is 2.30. The fraction of sp³-hybridized carbons (Fsp3) is 0.696. The van der Waals surface area contributed by atoms with Crippen LogP contribution < -0.4 is 15.4 Å². The van der Waals surface area contributed by atoms with Crippen molar-refractivity contribution in [2.75, 3.05) is 46.4 Å². The number of carbonyl (C=O) groups is 1. The Bertz CT molecular complexity index is 620. The lowest BCUT2D eigenvalue weighted by Crippen LogP contribution is -2.33. The predicted octanol–water partition coefficient (Wildman–Crippen LogP) is 2.77. The molecule has 1 heterocycles. The highest BCUT2D eigenvalue weighted by atomic mass is 16.5. The molecule has 0 saturated carbocycles. The molecule has 0 radical (unpaired) electrons. The maximum atomic E-state index is 11.9. The van der Waals surface area contributed by atoms with Crippen molar-refractivity contribution in [2.45, 2.75) is 51.4 Å². The molecule has 1 fully saturated rings. The average molecular weight is 388 g/mol. The number of ether oxygens (including phenoxy) is 1. The van der Waals surface area contributed by atoms with Gasteiger partial charge in [0.15, 0.2) is 0 Å². The first-order valence-electron chi connectivity index (χ1n) is 11.1. The Balaban J connectivity index is 1.23. The summed E-state index contributed by atoms with van der Waals surface area (Å²) in [6.45, 7) is 5.70. The van der Waals surface area contributed by atoms with E-state index < -0.39 is 0 Å². The molecule has 1 saturated heterocycles. The molecule has 5 heteroatoms. The Morgan fingerprint density at radius 1 is 1.14 bits per heavy atom. The van der Waals surface area contributed by atoms with Crippen LogP contribution in [0.4, 0.5) is 0 Å². The van der Waals surface area contributed by atoms with Gasteiger partial charge in [0.05, 0.1) is 7.11 Å². The zero-order valence-electron chi connectivity index (χ0n) is 17.5. The van der Waals surface area contributed by atoms with Crippen molar-refractivity contribution in [1.82, 2.24) is 15.5 Å². The summed E-state index contributed by atoms with van der Waals surface area (Å²) < 4.78 is 5.38. The normalized spacial score (nSPS) is 20.0. The van der Waals surface area contributed by atoms with Crippen LogP contribution in [0.25, 0.3) is 0 Å². The van der Waals surface area contributed by atoms with Gasteiger partial charge in [-0.3, -0.25) is 4.79 Å². The molecule has 0 spiro atoms. The Hall–Kier alpha value is -1.59. The van der Waals surface area contributed by atoms with Gasteiger partial charge >= 0.3 is 0 Å². The minimum Gasteiger partial charge on any atom is -0.497 e. The first-order chi connectivity index (χ1) is 13.8. The minimum atomic E-state index is 0.310. The van der Waals surface area contributed by atoms with Crippen molar-refractivity contribution < 1.29 is 9.53 Å². The monoisotopic (exact) mass is 387 g/mol. The Morgan fingerprint density at radius 3 is 2.93 bits per heavy atom. The third kappa shape index (κ3) is 6.49. The molecule has 28 heavy (non-hydrogen) atoms. The summed E-state index contributed by atoms with van der Waals surface area (Å²) in [7, 11) is 1.75. The molecule has 5 nitrogen and oxygen atoms in total. The van der Waals surface area contributed by atoms with Crippen LogP contribution in [0.2, 0.25) is 0 Å². The van der Waals surface area contributed by atoms with Crippen molar-refractivity contribution in [3.05, 3.63) is 29.3 Å². The summed E-state index contributed by atoms with van der Waals surface area (Å²) in [5, 5.41) is 6.88. The number of hydrogen-bond acceptors (Lipinski definition) is 4. The van der Waals surface area contributed by atoms with Crippen LogP contribution in [-0.2, 0) is 17.6 Å². The number of amides is 1. The number of carbonyl (C=O) groups excluding carboxylic acids is 1. The number of fused-ring (bicyclic) bond motifs is 1. The average Bonchev–Trinajstić information content (AvgIpc) is 2.93. The van der Waals surface area contributed by atoms with E-state index in [9.17, 15) is 4.79 Å². The molecule has 1 unspecified atom stereocenters. The van der Waals surface area contributed by atoms with Crippen LogP contribution in [0.3, 0.4) is 0 Å². The lowest BCUT2D eigenvalue weighted by Gasteiger charge is -2.25. The number of nitrogens with zero attached hydrogens (tertiary/aromatic N) is 1. The molecule has 1 aliphatic heterocycles. The molecule has 3 rings (SSSR count). The lowest BCUT2D eigenvalue weighted by molar-refractivity contribution is -0.130. The number of aryl methyl sites for hydroxylation is 1. The fourth-order valence-electron chi connectivity index (χ4n) is 4.43. The van der Waals surface area contributed by atoms with Crippen molar-refractivity contribution in [1.29, 1.82) is 0 Å². The van der Waals surface area contributed by atoms with Gasteiger partial charge in [-0.25, -0.2) is 0 Å². The SMILES string of the molecule is COc1ccc2c(c1)CC(CCCNCCCCN1CCNCCC1=O)CC2. The summed E-state index contributed by atoms with van der Waals surface area (Å²) >= 11 is 0. The van der Waals surface area contributed by atoms with Gasteiger partial charge in [-0.15, -0.1) is 0 Å². The van der Waals surface area contributed by atoms with Gasteiger partial charge in [0.25, 0.3) is 0 Å². The van der Waals surface area contributed by atoms with E-state index in [-0.39, 0.29) is 0 Å². The van der Waals surface area contributed by atoms with Crippen LogP contribution in [-0.4, -0.2) is 57.2 Å². The number of benzene rings is 1. The van der Waals surface area contributed by atoms with Crippen LogP contribution in [0.5, 0.6) is 5.75 Å². The molecule has 1 aliphatic carbocycles. The van der Waals surface area contributed by atoms with Crippen LogP contribution in [0.15, 0.2) is 18.2 Å². The number of methoxy groups -OCH3 is 1. The maximum Gasteiger partial charge on any atom is 0.223 e.